The van der Waals surface area contributed by atoms with E-state index in [1.165, 1.54) is 6.92 Å². The second kappa shape index (κ2) is 4.11. The number of nitrogens with two attached hydrogens (primary N) is 1. The van der Waals surface area contributed by atoms with Crippen LogP contribution in [0.5, 0.6) is 0 Å². The van der Waals surface area contributed by atoms with Gasteiger partial charge in [0.25, 0.3) is 6.43 Å². The maximum Gasteiger partial charge on any atom is 0.260 e. The van der Waals surface area contributed by atoms with Crippen LogP contribution in [0.15, 0.2) is 18.2 Å². The molecule has 0 aliphatic carbocycles. The van der Waals surface area contributed by atoms with Crippen molar-refractivity contribution in [2.45, 2.75) is 31.9 Å². The zero-order valence-electron chi connectivity index (χ0n) is 9.17. The minimum absolute atomic E-state index is 0.489. The lowest BCUT2D eigenvalue weighted by molar-refractivity contribution is 0.0622. The molecule has 1 aliphatic rings. The fourth-order valence-electron chi connectivity index (χ4n) is 1.82. The largest absolute Gasteiger partial charge is 0.376 e. The number of hydrogen-bond donors (Lipinski definition) is 1. The molecule has 2 N–H and O–H groups in total. The molecule has 0 radical (unpaired) electrons. The Hall–Kier alpha value is -1.00. The van der Waals surface area contributed by atoms with Gasteiger partial charge in [0, 0.05) is 0 Å². The molecule has 0 spiro atoms. The van der Waals surface area contributed by atoms with Gasteiger partial charge in [-0.25, -0.2) is 8.78 Å². The van der Waals surface area contributed by atoms with Crippen LogP contribution in [-0.4, -0.2) is 13.0 Å². The highest BCUT2D eigenvalue weighted by Gasteiger charge is 2.32. The van der Waals surface area contributed by atoms with Crippen LogP contribution >= 0.6 is 0 Å². The van der Waals surface area contributed by atoms with E-state index in [1.54, 1.807) is 12.1 Å². The molecule has 88 valence electrons. The molecule has 0 aromatic heterocycles. The third-order valence-corrected chi connectivity index (χ3v) is 3.05. The number of alkyl halides is 2. The number of halogens is 2. The standard InChI is InChI=1S/C12H15F2NO/c1-12(15,11(13)14)10-3-2-9-7-16-5-4-8(9)6-10/h2-3,6,11H,4-5,7,15H2,1H3. The maximum absolute atomic E-state index is 12.8. The van der Waals surface area contributed by atoms with E-state index in [2.05, 4.69) is 0 Å². The van der Waals surface area contributed by atoms with Gasteiger partial charge < -0.3 is 10.5 Å². The van der Waals surface area contributed by atoms with E-state index in [4.69, 9.17) is 10.5 Å². The highest BCUT2D eigenvalue weighted by Crippen LogP contribution is 2.28. The Balaban J connectivity index is 2.37. The van der Waals surface area contributed by atoms with Crippen LogP contribution < -0.4 is 5.73 Å². The van der Waals surface area contributed by atoms with Gasteiger partial charge in [-0.3, -0.25) is 0 Å². The first kappa shape index (κ1) is 11.5. The summed E-state index contributed by atoms with van der Waals surface area (Å²) in [5, 5.41) is 0. The second-order valence-electron chi connectivity index (χ2n) is 4.37. The van der Waals surface area contributed by atoms with E-state index in [1.807, 2.05) is 6.07 Å². The van der Waals surface area contributed by atoms with E-state index >= 15 is 0 Å². The van der Waals surface area contributed by atoms with Gasteiger partial charge in [-0.2, -0.15) is 0 Å². The Kier molecular flexibility index (Phi) is 2.95. The summed E-state index contributed by atoms with van der Waals surface area (Å²) in [6, 6.07) is 5.28. The molecule has 0 amide bonds. The topological polar surface area (TPSA) is 35.2 Å². The van der Waals surface area contributed by atoms with Crippen molar-refractivity contribution in [2.75, 3.05) is 6.61 Å². The molecule has 0 saturated carbocycles. The molecule has 1 unspecified atom stereocenters. The van der Waals surface area contributed by atoms with E-state index in [0.29, 0.717) is 18.8 Å². The highest BCUT2D eigenvalue weighted by molar-refractivity contribution is 5.36. The third kappa shape index (κ3) is 1.95. The number of benzene rings is 1. The third-order valence-electron chi connectivity index (χ3n) is 3.05. The Bertz CT molecular complexity index is 391. The number of hydrogen-bond acceptors (Lipinski definition) is 2. The minimum Gasteiger partial charge on any atom is -0.376 e. The number of ether oxygens (including phenoxy) is 1. The van der Waals surface area contributed by atoms with Crippen molar-refractivity contribution in [3.63, 3.8) is 0 Å². The van der Waals surface area contributed by atoms with Gasteiger partial charge in [0.05, 0.1) is 18.8 Å². The summed E-state index contributed by atoms with van der Waals surface area (Å²) >= 11 is 0. The van der Waals surface area contributed by atoms with Crippen molar-refractivity contribution in [3.05, 3.63) is 34.9 Å². The summed E-state index contributed by atoms with van der Waals surface area (Å²) < 4.78 is 30.9. The summed E-state index contributed by atoms with van der Waals surface area (Å²) in [5.41, 5.74) is 6.69. The molecule has 1 aliphatic heterocycles. The molecular weight excluding hydrogens is 212 g/mol. The van der Waals surface area contributed by atoms with Crippen LogP contribution in [0, 0.1) is 0 Å². The summed E-state index contributed by atoms with van der Waals surface area (Å²) in [7, 11) is 0. The number of rotatable bonds is 2. The second-order valence-corrected chi connectivity index (χ2v) is 4.37. The van der Waals surface area contributed by atoms with Gasteiger partial charge in [0.15, 0.2) is 0 Å². The Morgan fingerprint density at radius 2 is 2.12 bits per heavy atom. The minimum atomic E-state index is -2.56. The quantitative estimate of drug-likeness (QED) is 0.840. The first-order valence-electron chi connectivity index (χ1n) is 5.29. The van der Waals surface area contributed by atoms with Crippen LogP contribution in [0.1, 0.15) is 23.6 Å². The van der Waals surface area contributed by atoms with Crippen LogP contribution in [0.2, 0.25) is 0 Å². The molecule has 0 bridgehead atoms. The van der Waals surface area contributed by atoms with Crippen molar-refractivity contribution < 1.29 is 13.5 Å². The molecule has 4 heteroatoms. The zero-order chi connectivity index (χ0) is 11.8. The van der Waals surface area contributed by atoms with Crippen molar-refractivity contribution in [1.82, 2.24) is 0 Å². The SMILES string of the molecule is CC(N)(c1ccc2c(c1)CCOC2)C(F)F. The normalized spacial score (nSPS) is 19.3. The summed E-state index contributed by atoms with van der Waals surface area (Å²) in [6.07, 6.45) is -1.80. The lowest BCUT2D eigenvalue weighted by atomic mass is 9.89. The molecule has 1 aromatic carbocycles. The number of fused-ring (bicyclic) bond motifs is 1. The Labute approximate surface area is 93.4 Å². The van der Waals surface area contributed by atoms with Crippen molar-refractivity contribution >= 4 is 0 Å². The van der Waals surface area contributed by atoms with Crippen molar-refractivity contribution in [1.29, 1.82) is 0 Å². The molecule has 0 saturated heterocycles. The monoisotopic (exact) mass is 227 g/mol. The van der Waals surface area contributed by atoms with Gasteiger partial charge in [-0.15, -0.1) is 0 Å². The molecule has 1 heterocycles. The Morgan fingerprint density at radius 3 is 2.81 bits per heavy atom. The van der Waals surface area contributed by atoms with Gasteiger partial charge in [-0.1, -0.05) is 18.2 Å². The fraction of sp³-hybridized carbons (Fsp3) is 0.500. The predicted octanol–water partition coefficient (Wildman–Crippen LogP) is 2.20. The molecular formula is C12H15F2NO. The lowest BCUT2D eigenvalue weighted by Crippen LogP contribution is -2.40. The smallest absolute Gasteiger partial charge is 0.260 e. The van der Waals surface area contributed by atoms with Crippen molar-refractivity contribution in [3.8, 4) is 0 Å². The van der Waals surface area contributed by atoms with Crippen LogP contribution in [0.25, 0.3) is 0 Å². The molecule has 2 rings (SSSR count). The zero-order valence-corrected chi connectivity index (χ0v) is 9.17. The van der Waals surface area contributed by atoms with E-state index in [9.17, 15) is 8.78 Å². The van der Waals surface area contributed by atoms with E-state index in [0.717, 1.165) is 17.5 Å². The summed E-state index contributed by atoms with van der Waals surface area (Å²) in [4.78, 5) is 0. The summed E-state index contributed by atoms with van der Waals surface area (Å²) in [5.74, 6) is 0. The van der Waals surface area contributed by atoms with Crippen LogP contribution in [-0.2, 0) is 23.3 Å². The van der Waals surface area contributed by atoms with Crippen molar-refractivity contribution in [2.24, 2.45) is 5.73 Å². The van der Waals surface area contributed by atoms with Gasteiger partial charge in [0.2, 0.25) is 0 Å². The average molecular weight is 227 g/mol. The predicted molar refractivity (Wildman–Crippen MR) is 57.3 cm³/mol. The summed E-state index contributed by atoms with van der Waals surface area (Å²) in [6.45, 7) is 2.57. The van der Waals surface area contributed by atoms with Crippen LogP contribution in [0.4, 0.5) is 8.78 Å². The van der Waals surface area contributed by atoms with Gasteiger partial charge >= 0.3 is 0 Å². The molecule has 1 atom stereocenters. The van der Waals surface area contributed by atoms with E-state index < -0.39 is 12.0 Å². The first-order valence-corrected chi connectivity index (χ1v) is 5.29. The highest BCUT2D eigenvalue weighted by atomic mass is 19.3. The van der Waals surface area contributed by atoms with Gasteiger partial charge in [0.1, 0.15) is 0 Å². The van der Waals surface area contributed by atoms with E-state index in [-0.39, 0.29) is 0 Å². The Morgan fingerprint density at radius 1 is 1.38 bits per heavy atom. The molecule has 0 fully saturated rings. The molecule has 1 aromatic rings. The van der Waals surface area contributed by atoms with Gasteiger partial charge in [-0.05, 0) is 30.0 Å². The first-order chi connectivity index (χ1) is 7.51. The molecule has 2 nitrogen and oxygen atoms in total. The molecule has 16 heavy (non-hydrogen) atoms. The lowest BCUT2D eigenvalue weighted by Gasteiger charge is -2.26. The maximum atomic E-state index is 12.8. The fourth-order valence-corrected chi connectivity index (χ4v) is 1.82. The average Bonchev–Trinajstić information content (AvgIpc) is 2.28. The van der Waals surface area contributed by atoms with Crippen LogP contribution in [0.3, 0.4) is 0 Å².